The molecule has 0 saturated carbocycles. The number of nitrogens with zero attached hydrogens (tertiary/aromatic N) is 5. The highest BCUT2D eigenvalue weighted by Crippen LogP contribution is 2.33. The number of carboxylic acids is 1. The summed E-state index contributed by atoms with van der Waals surface area (Å²) in [5, 5.41) is 20.0. The van der Waals surface area contributed by atoms with Gasteiger partial charge in [0, 0.05) is 13.1 Å². The molecule has 1 unspecified atom stereocenters. The molecule has 2 heterocycles. The van der Waals surface area contributed by atoms with Gasteiger partial charge < -0.3 is 5.11 Å². The number of carbonyl (C=O) groups is 1. The Morgan fingerprint density at radius 2 is 2.17 bits per heavy atom. The van der Waals surface area contributed by atoms with Gasteiger partial charge in [-0.3, -0.25) is 4.79 Å². The number of hydrogen-bond acceptors (Lipinski definition) is 6. The van der Waals surface area contributed by atoms with E-state index < -0.39 is 21.4 Å². The molecule has 0 radical (unpaired) electrons. The van der Waals surface area contributed by atoms with Crippen LogP contribution in [0.15, 0.2) is 35.5 Å². The monoisotopic (exact) mass is 337 g/mol. The normalized spacial score (nSPS) is 22.3. The molecule has 1 atom stereocenters. The van der Waals surface area contributed by atoms with E-state index in [1.54, 1.807) is 19.1 Å². The molecule has 0 spiro atoms. The number of sulfonamides is 1. The van der Waals surface area contributed by atoms with Crippen LogP contribution in [0.2, 0.25) is 0 Å². The van der Waals surface area contributed by atoms with E-state index in [2.05, 4.69) is 15.5 Å². The van der Waals surface area contributed by atoms with Crippen LogP contribution >= 0.6 is 0 Å². The van der Waals surface area contributed by atoms with Crippen LogP contribution in [-0.2, 0) is 14.8 Å². The number of benzene rings is 1. The third-order valence-electron chi connectivity index (χ3n) is 4.02. The fourth-order valence-electron chi connectivity index (χ4n) is 2.51. The molecule has 0 aliphatic carbocycles. The summed E-state index contributed by atoms with van der Waals surface area (Å²) in [7, 11) is -3.77. The second-order valence-corrected chi connectivity index (χ2v) is 7.64. The van der Waals surface area contributed by atoms with Gasteiger partial charge in [0.2, 0.25) is 10.0 Å². The van der Waals surface area contributed by atoms with Crippen molar-refractivity contribution >= 4 is 16.0 Å². The molecule has 1 N–H and O–H groups in total. The highest BCUT2D eigenvalue weighted by Gasteiger charge is 2.44. The molecular formula is C13H15N5O4S. The van der Waals surface area contributed by atoms with E-state index in [9.17, 15) is 18.3 Å². The maximum atomic E-state index is 12.7. The quantitative estimate of drug-likeness (QED) is 0.843. The van der Waals surface area contributed by atoms with E-state index in [0.717, 1.165) is 0 Å². The largest absolute Gasteiger partial charge is 0.481 e. The van der Waals surface area contributed by atoms with Gasteiger partial charge in [-0.15, -0.1) is 5.10 Å². The average molecular weight is 337 g/mol. The molecule has 1 aromatic carbocycles. The Hall–Kier alpha value is -2.33. The Bertz CT molecular complexity index is 836. The third kappa shape index (κ3) is 2.70. The van der Waals surface area contributed by atoms with Crippen LogP contribution in [0.1, 0.15) is 13.3 Å². The molecule has 1 saturated heterocycles. The lowest BCUT2D eigenvalue weighted by molar-refractivity contribution is -0.146. The van der Waals surface area contributed by atoms with Crippen LogP contribution in [0.5, 0.6) is 0 Å². The predicted molar refractivity (Wildman–Crippen MR) is 78.3 cm³/mol. The maximum Gasteiger partial charge on any atom is 0.310 e. The lowest BCUT2D eigenvalue weighted by atomic mass is 9.90. The molecule has 2 aromatic rings. The van der Waals surface area contributed by atoms with Crippen molar-refractivity contribution in [2.75, 3.05) is 13.1 Å². The van der Waals surface area contributed by atoms with Gasteiger partial charge in [-0.05, 0) is 42.0 Å². The predicted octanol–water partition coefficient (Wildman–Crippen LogP) is 0.148. The Morgan fingerprint density at radius 3 is 2.78 bits per heavy atom. The molecule has 0 bridgehead atoms. The summed E-state index contributed by atoms with van der Waals surface area (Å²) in [6.45, 7) is 1.70. The molecule has 3 rings (SSSR count). The highest BCUT2D eigenvalue weighted by molar-refractivity contribution is 7.89. The summed E-state index contributed by atoms with van der Waals surface area (Å²) < 4.78 is 28.0. The van der Waals surface area contributed by atoms with Crippen molar-refractivity contribution in [2.45, 2.75) is 18.2 Å². The Balaban J connectivity index is 1.92. The lowest BCUT2D eigenvalue weighted by Crippen LogP contribution is -2.34. The Morgan fingerprint density at radius 1 is 1.39 bits per heavy atom. The van der Waals surface area contributed by atoms with E-state index >= 15 is 0 Å². The first-order chi connectivity index (χ1) is 10.8. The minimum Gasteiger partial charge on any atom is -0.481 e. The molecule has 23 heavy (non-hydrogen) atoms. The van der Waals surface area contributed by atoms with Crippen LogP contribution in [-0.4, -0.2) is 57.1 Å². The number of aliphatic carboxylic acids is 1. The molecule has 122 valence electrons. The fraction of sp³-hybridized carbons (Fsp3) is 0.385. The van der Waals surface area contributed by atoms with Gasteiger partial charge in [-0.25, -0.2) is 13.1 Å². The summed E-state index contributed by atoms with van der Waals surface area (Å²) in [6, 6.07) is 6.21. The molecule has 1 aromatic heterocycles. The van der Waals surface area contributed by atoms with Gasteiger partial charge in [0.1, 0.15) is 6.33 Å². The minimum atomic E-state index is -3.77. The standard InChI is InChI=1S/C13H15N5O4S/c1-13(12(19)20)5-6-17(8-13)23(21,22)11-4-2-3-10(7-11)18-9-14-15-16-18/h2-4,7,9H,5-6,8H2,1H3,(H,19,20). The van der Waals surface area contributed by atoms with E-state index in [4.69, 9.17) is 0 Å². The first-order valence-electron chi connectivity index (χ1n) is 6.90. The molecule has 1 aliphatic heterocycles. The number of aromatic nitrogens is 4. The van der Waals surface area contributed by atoms with Crippen molar-refractivity contribution in [3.8, 4) is 5.69 Å². The van der Waals surface area contributed by atoms with Crippen LogP contribution in [0, 0.1) is 5.41 Å². The Kier molecular flexibility index (Phi) is 3.65. The fourth-order valence-corrected chi connectivity index (χ4v) is 4.12. The van der Waals surface area contributed by atoms with Crippen molar-refractivity contribution < 1.29 is 18.3 Å². The van der Waals surface area contributed by atoms with E-state index in [0.29, 0.717) is 5.69 Å². The average Bonchev–Trinajstić information content (AvgIpc) is 3.18. The first kappa shape index (κ1) is 15.6. The summed E-state index contributed by atoms with van der Waals surface area (Å²) in [4.78, 5) is 11.4. The van der Waals surface area contributed by atoms with E-state index in [-0.39, 0.29) is 24.4 Å². The first-order valence-corrected chi connectivity index (χ1v) is 8.34. The highest BCUT2D eigenvalue weighted by atomic mass is 32.2. The molecule has 10 heteroatoms. The van der Waals surface area contributed by atoms with Crippen LogP contribution in [0.3, 0.4) is 0 Å². The molecule has 9 nitrogen and oxygen atoms in total. The smallest absolute Gasteiger partial charge is 0.310 e. The zero-order valence-electron chi connectivity index (χ0n) is 12.3. The second-order valence-electron chi connectivity index (χ2n) is 5.71. The molecule has 1 aliphatic rings. The topological polar surface area (TPSA) is 118 Å². The van der Waals surface area contributed by atoms with E-state index in [1.807, 2.05) is 0 Å². The SMILES string of the molecule is CC1(C(=O)O)CCN(S(=O)(=O)c2cccc(-n3cnnn3)c2)C1. The molecular weight excluding hydrogens is 322 g/mol. The zero-order valence-corrected chi connectivity index (χ0v) is 13.1. The van der Waals surface area contributed by atoms with Crippen molar-refractivity contribution in [1.29, 1.82) is 0 Å². The van der Waals surface area contributed by atoms with Crippen LogP contribution in [0.25, 0.3) is 5.69 Å². The van der Waals surface area contributed by atoms with Crippen LogP contribution < -0.4 is 0 Å². The van der Waals surface area contributed by atoms with Crippen molar-refractivity contribution in [3.05, 3.63) is 30.6 Å². The summed E-state index contributed by atoms with van der Waals surface area (Å²) in [6.07, 6.45) is 1.65. The van der Waals surface area contributed by atoms with Gasteiger partial charge in [-0.1, -0.05) is 6.07 Å². The third-order valence-corrected chi connectivity index (χ3v) is 5.86. The summed E-state index contributed by atoms with van der Waals surface area (Å²) in [5.74, 6) is -0.988. The van der Waals surface area contributed by atoms with Gasteiger partial charge in [0.05, 0.1) is 16.0 Å². The van der Waals surface area contributed by atoms with E-state index in [1.165, 1.54) is 27.4 Å². The van der Waals surface area contributed by atoms with Crippen LogP contribution in [0.4, 0.5) is 0 Å². The lowest BCUT2D eigenvalue weighted by Gasteiger charge is -2.20. The summed E-state index contributed by atoms with van der Waals surface area (Å²) >= 11 is 0. The maximum absolute atomic E-state index is 12.7. The zero-order chi connectivity index (χ0) is 16.7. The number of hydrogen-bond donors (Lipinski definition) is 1. The molecule has 1 fully saturated rings. The van der Waals surface area contributed by atoms with Crippen molar-refractivity contribution in [3.63, 3.8) is 0 Å². The van der Waals surface area contributed by atoms with Crippen molar-refractivity contribution in [1.82, 2.24) is 24.5 Å². The van der Waals surface area contributed by atoms with Gasteiger partial charge >= 0.3 is 5.97 Å². The minimum absolute atomic E-state index is 0.0419. The van der Waals surface area contributed by atoms with Gasteiger partial charge in [-0.2, -0.15) is 4.31 Å². The number of carboxylic acid groups (broad SMARTS) is 1. The summed E-state index contributed by atoms with van der Waals surface area (Å²) in [5.41, 5.74) is -0.545. The number of tetrazole rings is 1. The molecule has 0 amide bonds. The van der Waals surface area contributed by atoms with Gasteiger partial charge in [0.25, 0.3) is 0 Å². The second kappa shape index (κ2) is 5.39. The number of rotatable bonds is 4. The van der Waals surface area contributed by atoms with Gasteiger partial charge in [0.15, 0.2) is 0 Å². The van der Waals surface area contributed by atoms with Crippen molar-refractivity contribution in [2.24, 2.45) is 5.41 Å². The Labute approximate surface area is 132 Å².